The molecule has 0 radical (unpaired) electrons. The molecule has 0 unspecified atom stereocenters. The summed E-state index contributed by atoms with van der Waals surface area (Å²) >= 11 is 0. The average molecular weight is 278 g/mol. The summed E-state index contributed by atoms with van der Waals surface area (Å²) in [5.74, 6) is 0. The molecule has 0 aliphatic carbocycles. The third-order valence-corrected chi connectivity index (χ3v) is 3.10. The Balaban J connectivity index is 0.00000180. The van der Waals surface area contributed by atoms with E-state index in [4.69, 9.17) is 0 Å². The quantitative estimate of drug-likeness (QED) is 0.712. The summed E-state index contributed by atoms with van der Waals surface area (Å²) in [6.07, 6.45) is 10.8. The first kappa shape index (κ1) is 15.5. The zero-order chi connectivity index (χ0) is 12.8. The lowest BCUT2D eigenvalue weighted by molar-refractivity contribution is -0.687. The maximum atomic E-state index is 3.77. The molecule has 19 heavy (non-hydrogen) atoms. The van der Waals surface area contributed by atoms with E-state index in [2.05, 4.69) is 65.6 Å². The van der Waals surface area contributed by atoms with Crippen molar-refractivity contribution in [1.29, 1.82) is 0 Å². The zero-order valence-corrected chi connectivity index (χ0v) is 12.3. The summed E-state index contributed by atoms with van der Waals surface area (Å²) in [6.45, 7) is 8.03. The van der Waals surface area contributed by atoms with E-state index in [-0.39, 0.29) is 12.4 Å². The van der Waals surface area contributed by atoms with Crippen LogP contribution in [0, 0.1) is 0 Å². The number of nitrogens with zero attached hydrogens (tertiary/aromatic N) is 2. The molecule has 2 nitrogen and oxygen atoms in total. The van der Waals surface area contributed by atoms with Crippen molar-refractivity contribution >= 4 is 18.5 Å². The van der Waals surface area contributed by atoms with Crippen LogP contribution in [0.25, 0.3) is 6.08 Å². The molecule has 3 heteroatoms. The van der Waals surface area contributed by atoms with Crippen LogP contribution in [-0.4, -0.2) is 4.57 Å². The number of halogens is 1. The predicted molar refractivity (Wildman–Crippen MR) is 82.4 cm³/mol. The summed E-state index contributed by atoms with van der Waals surface area (Å²) in [5.41, 5.74) is 2.49. The van der Waals surface area contributed by atoms with Gasteiger partial charge in [-0.1, -0.05) is 50.3 Å². The van der Waals surface area contributed by atoms with Gasteiger partial charge in [0.2, 0.25) is 6.33 Å². The highest BCUT2D eigenvalue weighted by atomic mass is 35.5. The van der Waals surface area contributed by atoms with Gasteiger partial charge < -0.3 is 0 Å². The highest BCUT2D eigenvalue weighted by Gasteiger charge is 2.04. The van der Waals surface area contributed by atoms with Crippen molar-refractivity contribution in [3.05, 3.63) is 60.7 Å². The molecule has 1 aromatic carbocycles. The minimum Gasteiger partial charge on any atom is -0.237 e. The van der Waals surface area contributed by atoms with Gasteiger partial charge in [0.25, 0.3) is 0 Å². The summed E-state index contributed by atoms with van der Waals surface area (Å²) in [4.78, 5) is 0. The Bertz CT molecular complexity index is 500. The van der Waals surface area contributed by atoms with Gasteiger partial charge in [-0.15, -0.1) is 12.4 Å². The summed E-state index contributed by atoms with van der Waals surface area (Å²) in [6, 6.07) is 8.54. The highest BCUT2D eigenvalue weighted by Crippen LogP contribution is 2.05. The minimum atomic E-state index is 0. The van der Waals surface area contributed by atoms with E-state index in [1.54, 1.807) is 0 Å². The fourth-order valence-electron chi connectivity index (χ4n) is 1.98. The Kier molecular flexibility index (Phi) is 6.37. The molecule has 1 aromatic heterocycles. The first-order chi connectivity index (χ1) is 8.81. The standard InChI is InChI=1S/C16H21N2.ClH/c1-3-5-10-17-11-12-18(14-17)13-16-8-6-15(4-2)7-9-16;/h4,6-9,11-12,14H,2-3,5,10,13H2,1H3;1H/q+1;. The molecule has 0 fully saturated rings. The number of aryl methyl sites for hydroxylation is 1. The monoisotopic (exact) mass is 277 g/mol. The van der Waals surface area contributed by atoms with Crippen LogP contribution in [0.4, 0.5) is 0 Å². The van der Waals surface area contributed by atoms with Gasteiger partial charge in [0.15, 0.2) is 0 Å². The Morgan fingerprint density at radius 3 is 2.63 bits per heavy atom. The Labute approximate surface area is 121 Å². The minimum absolute atomic E-state index is 0. The number of imidazole rings is 1. The van der Waals surface area contributed by atoms with Gasteiger partial charge in [-0.25, -0.2) is 9.13 Å². The molecule has 0 aliphatic rings. The molecule has 0 N–H and O–H groups in total. The fourth-order valence-corrected chi connectivity index (χ4v) is 1.98. The molecule has 2 rings (SSSR count). The molecule has 102 valence electrons. The van der Waals surface area contributed by atoms with Crippen molar-refractivity contribution in [1.82, 2.24) is 4.57 Å². The molecular weight excluding hydrogens is 256 g/mol. The molecule has 0 atom stereocenters. The maximum Gasteiger partial charge on any atom is 0.244 e. The Morgan fingerprint density at radius 1 is 1.26 bits per heavy atom. The molecule has 0 saturated carbocycles. The number of hydrogen-bond acceptors (Lipinski definition) is 0. The first-order valence-corrected chi connectivity index (χ1v) is 6.58. The van der Waals surface area contributed by atoms with E-state index in [0.717, 1.165) is 13.1 Å². The van der Waals surface area contributed by atoms with Gasteiger partial charge in [-0.2, -0.15) is 0 Å². The van der Waals surface area contributed by atoms with E-state index in [0.29, 0.717) is 0 Å². The largest absolute Gasteiger partial charge is 0.244 e. The predicted octanol–water partition coefficient (Wildman–Crippen LogP) is 3.69. The van der Waals surface area contributed by atoms with E-state index >= 15 is 0 Å². The zero-order valence-electron chi connectivity index (χ0n) is 11.5. The smallest absolute Gasteiger partial charge is 0.237 e. The Hall–Kier alpha value is -1.54. The maximum absolute atomic E-state index is 3.77. The number of aromatic nitrogens is 2. The van der Waals surface area contributed by atoms with E-state index < -0.39 is 0 Å². The third kappa shape index (κ3) is 4.56. The topological polar surface area (TPSA) is 8.81 Å². The molecule has 2 aromatic rings. The van der Waals surface area contributed by atoms with Gasteiger partial charge in [0.1, 0.15) is 18.9 Å². The molecule has 0 saturated heterocycles. The van der Waals surface area contributed by atoms with Gasteiger partial charge in [-0.05, 0) is 17.5 Å². The van der Waals surface area contributed by atoms with Crippen LogP contribution in [-0.2, 0) is 13.1 Å². The molecule has 0 spiro atoms. The molecule has 1 heterocycles. The van der Waals surface area contributed by atoms with Crippen LogP contribution in [0.3, 0.4) is 0 Å². The van der Waals surface area contributed by atoms with Crippen molar-refractivity contribution < 1.29 is 4.57 Å². The lowest BCUT2D eigenvalue weighted by Crippen LogP contribution is -2.31. The second kappa shape index (κ2) is 7.80. The van der Waals surface area contributed by atoms with Crippen LogP contribution in [0.15, 0.2) is 49.6 Å². The van der Waals surface area contributed by atoms with Crippen LogP contribution >= 0.6 is 12.4 Å². The van der Waals surface area contributed by atoms with E-state index in [9.17, 15) is 0 Å². The number of benzene rings is 1. The van der Waals surface area contributed by atoms with Crippen molar-refractivity contribution in [3.63, 3.8) is 0 Å². The lowest BCUT2D eigenvalue weighted by Gasteiger charge is -1.99. The summed E-state index contributed by atoms with van der Waals surface area (Å²) in [5, 5.41) is 0. The number of hydrogen-bond donors (Lipinski definition) is 0. The normalized spacial score (nSPS) is 9.95. The first-order valence-electron chi connectivity index (χ1n) is 6.58. The van der Waals surface area contributed by atoms with Gasteiger partial charge in [-0.3, -0.25) is 0 Å². The second-order valence-electron chi connectivity index (χ2n) is 4.62. The molecule has 0 bridgehead atoms. The fraction of sp³-hybridized carbons (Fsp3) is 0.312. The third-order valence-electron chi connectivity index (χ3n) is 3.10. The summed E-state index contributed by atoms with van der Waals surface area (Å²) in [7, 11) is 0. The molecule has 0 aliphatic heterocycles. The highest BCUT2D eigenvalue weighted by molar-refractivity contribution is 5.85. The Morgan fingerprint density at radius 2 is 2.00 bits per heavy atom. The molecule has 0 amide bonds. The lowest BCUT2D eigenvalue weighted by atomic mass is 10.1. The van der Waals surface area contributed by atoms with Gasteiger partial charge >= 0.3 is 0 Å². The van der Waals surface area contributed by atoms with Crippen molar-refractivity contribution in [2.75, 3.05) is 0 Å². The van der Waals surface area contributed by atoms with Crippen molar-refractivity contribution in [2.45, 2.75) is 32.9 Å². The van der Waals surface area contributed by atoms with E-state index in [1.165, 1.54) is 24.0 Å². The van der Waals surface area contributed by atoms with Crippen LogP contribution < -0.4 is 4.57 Å². The van der Waals surface area contributed by atoms with Gasteiger partial charge in [0, 0.05) is 0 Å². The number of rotatable bonds is 6. The average Bonchev–Trinajstić information content (AvgIpc) is 2.85. The van der Waals surface area contributed by atoms with Crippen LogP contribution in [0.5, 0.6) is 0 Å². The van der Waals surface area contributed by atoms with Crippen molar-refractivity contribution in [2.24, 2.45) is 0 Å². The van der Waals surface area contributed by atoms with Crippen molar-refractivity contribution in [3.8, 4) is 0 Å². The second-order valence-corrected chi connectivity index (χ2v) is 4.62. The molecular formula is C16H22ClN2+. The SMILES string of the molecule is C=Cc1ccc(C[n+]2ccn(CCCC)c2)cc1.Cl. The van der Waals surface area contributed by atoms with Gasteiger partial charge in [0.05, 0.1) is 6.54 Å². The van der Waals surface area contributed by atoms with E-state index in [1.807, 2.05) is 6.08 Å². The van der Waals surface area contributed by atoms with Crippen LogP contribution in [0.1, 0.15) is 30.9 Å². The summed E-state index contributed by atoms with van der Waals surface area (Å²) < 4.78 is 4.47. The number of unbranched alkanes of at least 4 members (excludes halogenated alkanes) is 1. The van der Waals surface area contributed by atoms with Crippen LogP contribution in [0.2, 0.25) is 0 Å².